The Bertz CT molecular complexity index is 471. The Balaban J connectivity index is 2.94. The molecule has 1 aromatic rings. The van der Waals surface area contributed by atoms with Gasteiger partial charge in [0.25, 0.3) is 0 Å². The number of alkyl halides is 3. The average Bonchev–Trinajstić information content (AvgIpc) is 2.29. The second kappa shape index (κ2) is 6.42. The lowest BCUT2D eigenvalue weighted by Gasteiger charge is -2.23. The standard InChI is InChI=1S/C13H14F3NO3/c1-3-8-17(2)11(12(18)19)9-4-6-10(7-5-9)20-13(14,15)16/h3-7,11H,1,8H2,2H3,(H,18,19)/t11-/m0/s1. The molecule has 1 N–H and O–H groups in total. The number of rotatable bonds is 6. The molecular weight excluding hydrogens is 275 g/mol. The van der Waals surface area contributed by atoms with Crippen molar-refractivity contribution in [3.8, 4) is 5.75 Å². The molecule has 4 nitrogen and oxygen atoms in total. The summed E-state index contributed by atoms with van der Waals surface area (Å²) in [6.07, 6.45) is -3.23. The number of benzene rings is 1. The molecule has 0 heterocycles. The highest BCUT2D eigenvalue weighted by Gasteiger charge is 2.31. The monoisotopic (exact) mass is 289 g/mol. The van der Waals surface area contributed by atoms with Gasteiger partial charge >= 0.3 is 12.3 Å². The highest BCUT2D eigenvalue weighted by Crippen LogP contribution is 2.26. The van der Waals surface area contributed by atoms with Crippen molar-refractivity contribution >= 4 is 5.97 Å². The lowest BCUT2D eigenvalue weighted by Crippen LogP contribution is -2.30. The molecule has 7 heteroatoms. The quantitative estimate of drug-likeness (QED) is 0.818. The van der Waals surface area contributed by atoms with E-state index in [2.05, 4.69) is 11.3 Å². The van der Waals surface area contributed by atoms with E-state index in [0.29, 0.717) is 12.1 Å². The summed E-state index contributed by atoms with van der Waals surface area (Å²) < 4.78 is 39.8. The number of carboxylic acid groups (broad SMARTS) is 1. The van der Waals surface area contributed by atoms with E-state index in [9.17, 15) is 23.1 Å². The largest absolute Gasteiger partial charge is 0.573 e. The normalized spacial score (nSPS) is 13.1. The summed E-state index contributed by atoms with van der Waals surface area (Å²) in [5, 5.41) is 9.19. The molecule has 1 aromatic carbocycles. The van der Waals surface area contributed by atoms with Crippen molar-refractivity contribution in [1.29, 1.82) is 0 Å². The van der Waals surface area contributed by atoms with Gasteiger partial charge < -0.3 is 9.84 Å². The Labute approximate surface area is 114 Å². The average molecular weight is 289 g/mol. The molecule has 20 heavy (non-hydrogen) atoms. The third kappa shape index (κ3) is 4.58. The summed E-state index contributed by atoms with van der Waals surface area (Å²) in [5.41, 5.74) is 0.358. The molecule has 0 fully saturated rings. The van der Waals surface area contributed by atoms with E-state index < -0.39 is 24.1 Å². The number of aliphatic carboxylic acids is 1. The van der Waals surface area contributed by atoms with E-state index in [0.717, 1.165) is 12.1 Å². The fourth-order valence-corrected chi connectivity index (χ4v) is 1.75. The number of nitrogens with zero attached hydrogens (tertiary/aromatic N) is 1. The van der Waals surface area contributed by atoms with Crippen molar-refractivity contribution in [3.63, 3.8) is 0 Å². The van der Waals surface area contributed by atoms with Gasteiger partial charge in [-0.3, -0.25) is 9.69 Å². The predicted molar refractivity (Wildman–Crippen MR) is 66.3 cm³/mol. The third-order valence-electron chi connectivity index (χ3n) is 2.52. The molecule has 1 atom stereocenters. The number of ether oxygens (including phenoxy) is 1. The van der Waals surface area contributed by atoms with Crippen molar-refractivity contribution in [3.05, 3.63) is 42.5 Å². The predicted octanol–water partition coefficient (Wildman–Crippen LogP) is 2.83. The molecule has 0 aliphatic heterocycles. The Morgan fingerprint density at radius 1 is 1.45 bits per heavy atom. The second-order valence-corrected chi connectivity index (χ2v) is 4.09. The summed E-state index contributed by atoms with van der Waals surface area (Å²) in [6, 6.07) is 3.79. The number of carboxylic acids is 1. The zero-order valence-corrected chi connectivity index (χ0v) is 10.7. The summed E-state index contributed by atoms with van der Waals surface area (Å²) >= 11 is 0. The van der Waals surface area contributed by atoms with Crippen molar-refractivity contribution in [2.75, 3.05) is 13.6 Å². The second-order valence-electron chi connectivity index (χ2n) is 4.09. The molecule has 0 bridgehead atoms. The first kappa shape index (κ1) is 16.0. The van der Waals surface area contributed by atoms with E-state index >= 15 is 0 Å². The van der Waals surface area contributed by atoms with Crippen LogP contribution in [0.3, 0.4) is 0 Å². The maximum atomic E-state index is 12.0. The molecule has 0 saturated heterocycles. The lowest BCUT2D eigenvalue weighted by atomic mass is 10.1. The van der Waals surface area contributed by atoms with Gasteiger partial charge in [0.2, 0.25) is 0 Å². The van der Waals surface area contributed by atoms with Crippen LogP contribution in [0.4, 0.5) is 13.2 Å². The van der Waals surface area contributed by atoms with Crippen LogP contribution in [0, 0.1) is 0 Å². The molecule has 0 aliphatic rings. The minimum atomic E-state index is -4.77. The number of hydrogen-bond acceptors (Lipinski definition) is 3. The summed E-state index contributed by atoms with van der Waals surface area (Å²) in [7, 11) is 1.58. The Morgan fingerprint density at radius 2 is 2.00 bits per heavy atom. The van der Waals surface area contributed by atoms with Gasteiger partial charge in [-0.25, -0.2) is 0 Å². The van der Waals surface area contributed by atoms with Crippen LogP contribution in [0.2, 0.25) is 0 Å². The van der Waals surface area contributed by atoms with E-state index in [1.807, 2.05) is 0 Å². The van der Waals surface area contributed by atoms with Gasteiger partial charge in [-0.15, -0.1) is 19.8 Å². The van der Waals surface area contributed by atoms with Crippen LogP contribution in [-0.4, -0.2) is 35.9 Å². The van der Waals surface area contributed by atoms with Gasteiger partial charge in [-0.05, 0) is 24.7 Å². The fraction of sp³-hybridized carbons (Fsp3) is 0.308. The molecule has 0 amide bonds. The fourth-order valence-electron chi connectivity index (χ4n) is 1.75. The first-order chi connectivity index (χ1) is 9.24. The summed E-state index contributed by atoms with van der Waals surface area (Å²) in [4.78, 5) is 12.8. The van der Waals surface area contributed by atoms with Crippen LogP contribution in [-0.2, 0) is 4.79 Å². The maximum absolute atomic E-state index is 12.0. The van der Waals surface area contributed by atoms with E-state index in [-0.39, 0.29) is 0 Å². The number of halogens is 3. The van der Waals surface area contributed by atoms with Crippen LogP contribution in [0.15, 0.2) is 36.9 Å². The smallest absolute Gasteiger partial charge is 0.480 e. The van der Waals surface area contributed by atoms with Crippen molar-refractivity contribution in [2.24, 2.45) is 0 Å². The lowest BCUT2D eigenvalue weighted by molar-refractivity contribution is -0.274. The SMILES string of the molecule is C=CCN(C)[C@H](C(=O)O)c1ccc(OC(F)(F)F)cc1. The molecule has 0 saturated carbocycles. The van der Waals surface area contributed by atoms with Crippen LogP contribution in [0.25, 0.3) is 0 Å². The molecule has 0 aromatic heterocycles. The van der Waals surface area contributed by atoms with Crippen LogP contribution in [0.5, 0.6) is 5.75 Å². The third-order valence-corrected chi connectivity index (χ3v) is 2.52. The van der Waals surface area contributed by atoms with E-state index in [1.165, 1.54) is 23.1 Å². The van der Waals surface area contributed by atoms with E-state index in [1.54, 1.807) is 7.05 Å². The molecule has 0 spiro atoms. The van der Waals surface area contributed by atoms with Gasteiger partial charge in [0.05, 0.1) is 0 Å². The minimum Gasteiger partial charge on any atom is -0.480 e. The topological polar surface area (TPSA) is 49.8 Å². The highest BCUT2D eigenvalue weighted by molar-refractivity contribution is 5.75. The summed E-state index contributed by atoms with van der Waals surface area (Å²) in [6.45, 7) is 3.84. The molecule has 0 aliphatic carbocycles. The minimum absolute atomic E-state index is 0.331. The highest BCUT2D eigenvalue weighted by atomic mass is 19.4. The number of carbonyl (C=O) groups is 1. The molecule has 110 valence electrons. The van der Waals surface area contributed by atoms with E-state index in [4.69, 9.17) is 0 Å². The van der Waals surface area contributed by atoms with Gasteiger partial charge in [0.1, 0.15) is 11.8 Å². The van der Waals surface area contributed by atoms with Gasteiger partial charge in [-0.2, -0.15) is 0 Å². The van der Waals surface area contributed by atoms with Crippen LogP contribution in [0.1, 0.15) is 11.6 Å². The van der Waals surface area contributed by atoms with Gasteiger partial charge in [0, 0.05) is 6.54 Å². The van der Waals surface area contributed by atoms with Crippen molar-refractivity contribution in [2.45, 2.75) is 12.4 Å². The maximum Gasteiger partial charge on any atom is 0.573 e. The number of likely N-dealkylation sites (N-methyl/N-ethyl adjacent to an activating group) is 1. The zero-order valence-electron chi connectivity index (χ0n) is 10.7. The number of hydrogen-bond donors (Lipinski definition) is 1. The van der Waals surface area contributed by atoms with Gasteiger partial charge in [-0.1, -0.05) is 18.2 Å². The first-order valence-corrected chi connectivity index (χ1v) is 5.64. The summed E-state index contributed by atoms with van der Waals surface area (Å²) in [5.74, 6) is -1.49. The molecule has 0 radical (unpaired) electrons. The Kier molecular flexibility index (Phi) is 5.15. The first-order valence-electron chi connectivity index (χ1n) is 5.64. The molecule has 0 unspecified atom stereocenters. The van der Waals surface area contributed by atoms with Crippen molar-refractivity contribution in [1.82, 2.24) is 4.90 Å². The Hall–Kier alpha value is -2.02. The Morgan fingerprint density at radius 3 is 2.40 bits per heavy atom. The van der Waals surface area contributed by atoms with Crippen LogP contribution < -0.4 is 4.74 Å². The van der Waals surface area contributed by atoms with Crippen LogP contribution >= 0.6 is 0 Å². The zero-order chi connectivity index (χ0) is 15.3. The van der Waals surface area contributed by atoms with Gasteiger partial charge in [0.15, 0.2) is 0 Å². The molecule has 1 rings (SSSR count). The molecular formula is C13H14F3NO3. The van der Waals surface area contributed by atoms with Crippen molar-refractivity contribution < 1.29 is 27.8 Å².